The predicted octanol–water partition coefficient (Wildman–Crippen LogP) is 3.37. The van der Waals surface area contributed by atoms with E-state index >= 15 is 0 Å². The van der Waals surface area contributed by atoms with Gasteiger partial charge in [0.05, 0.1) is 0 Å². The van der Waals surface area contributed by atoms with Gasteiger partial charge in [-0.05, 0) is 29.3 Å². The Balaban J connectivity index is 1.83. The first kappa shape index (κ1) is 11.7. The molecule has 96 valence electrons. The fraction of sp³-hybridized carbons (Fsp3) is 0.133. The van der Waals surface area contributed by atoms with Crippen LogP contribution in [0.15, 0.2) is 48.5 Å². The number of urea groups is 1. The summed E-state index contributed by atoms with van der Waals surface area (Å²) in [5.74, 6) is -0.283. The van der Waals surface area contributed by atoms with Crippen molar-refractivity contribution in [1.82, 2.24) is 4.90 Å². The maximum absolute atomic E-state index is 13.2. The summed E-state index contributed by atoms with van der Waals surface area (Å²) < 4.78 is 13.2. The zero-order valence-electron chi connectivity index (χ0n) is 10.3. The van der Waals surface area contributed by atoms with Crippen molar-refractivity contribution in [3.05, 3.63) is 65.5 Å². The molecule has 0 unspecified atom stereocenters. The lowest BCUT2D eigenvalue weighted by atomic mass is 10.1. The second kappa shape index (κ2) is 4.72. The van der Waals surface area contributed by atoms with Gasteiger partial charge in [-0.3, -0.25) is 0 Å². The third-order valence-corrected chi connectivity index (χ3v) is 3.17. The lowest BCUT2D eigenvalue weighted by Gasteiger charge is -2.29. The fourth-order valence-corrected chi connectivity index (χ4v) is 2.22. The summed E-state index contributed by atoms with van der Waals surface area (Å²) >= 11 is 0. The lowest BCUT2D eigenvalue weighted by Crippen LogP contribution is -2.38. The van der Waals surface area contributed by atoms with Crippen LogP contribution in [0.2, 0.25) is 0 Å². The van der Waals surface area contributed by atoms with E-state index in [0.29, 0.717) is 18.8 Å². The van der Waals surface area contributed by atoms with Gasteiger partial charge >= 0.3 is 6.03 Å². The van der Waals surface area contributed by atoms with Gasteiger partial charge in [0, 0.05) is 18.8 Å². The highest BCUT2D eigenvalue weighted by atomic mass is 19.1. The zero-order valence-corrected chi connectivity index (χ0v) is 10.3. The van der Waals surface area contributed by atoms with Gasteiger partial charge < -0.3 is 10.2 Å². The van der Waals surface area contributed by atoms with E-state index in [2.05, 4.69) is 5.32 Å². The molecule has 2 aromatic carbocycles. The van der Waals surface area contributed by atoms with Gasteiger partial charge in [0.15, 0.2) is 0 Å². The van der Waals surface area contributed by atoms with E-state index in [1.165, 1.54) is 12.1 Å². The maximum Gasteiger partial charge on any atom is 0.322 e. The number of benzene rings is 2. The number of carbonyl (C=O) groups excluding carboxylic acids is 1. The molecular weight excluding hydrogens is 243 g/mol. The van der Waals surface area contributed by atoms with Gasteiger partial charge in [0.1, 0.15) is 5.82 Å². The first-order valence-electron chi connectivity index (χ1n) is 6.10. The number of carbonyl (C=O) groups is 1. The number of anilines is 1. The highest BCUT2D eigenvalue weighted by Gasteiger charge is 2.22. The van der Waals surface area contributed by atoms with Crippen molar-refractivity contribution < 1.29 is 9.18 Å². The van der Waals surface area contributed by atoms with Crippen molar-refractivity contribution in [2.24, 2.45) is 0 Å². The highest BCUT2D eigenvalue weighted by Crippen LogP contribution is 2.25. The normalized spacial score (nSPS) is 13.9. The number of amides is 2. The molecule has 0 radical (unpaired) electrons. The van der Waals surface area contributed by atoms with Crippen LogP contribution in [-0.4, -0.2) is 10.9 Å². The Bertz CT molecular complexity index is 613. The molecule has 3 nitrogen and oxygen atoms in total. The van der Waals surface area contributed by atoms with Crippen molar-refractivity contribution in [2.75, 3.05) is 5.32 Å². The Morgan fingerprint density at radius 1 is 1.16 bits per heavy atom. The zero-order chi connectivity index (χ0) is 13.2. The van der Waals surface area contributed by atoms with Gasteiger partial charge in [0.25, 0.3) is 0 Å². The molecule has 0 aromatic heterocycles. The molecular formula is C15H13FN2O. The van der Waals surface area contributed by atoms with Crippen LogP contribution in [0, 0.1) is 5.82 Å². The van der Waals surface area contributed by atoms with E-state index in [-0.39, 0.29) is 11.8 Å². The summed E-state index contributed by atoms with van der Waals surface area (Å²) in [6.07, 6.45) is 0. The molecule has 2 aromatic rings. The Morgan fingerprint density at radius 3 is 2.74 bits per heavy atom. The number of hydrogen-bond acceptors (Lipinski definition) is 1. The van der Waals surface area contributed by atoms with Crippen LogP contribution in [-0.2, 0) is 13.1 Å². The maximum atomic E-state index is 13.2. The van der Waals surface area contributed by atoms with Crippen molar-refractivity contribution in [3.63, 3.8) is 0 Å². The van der Waals surface area contributed by atoms with Gasteiger partial charge in [0.2, 0.25) is 0 Å². The summed E-state index contributed by atoms with van der Waals surface area (Å²) in [6, 6.07) is 14.0. The first-order chi connectivity index (χ1) is 9.22. The van der Waals surface area contributed by atoms with Crippen molar-refractivity contribution in [2.45, 2.75) is 13.1 Å². The van der Waals surface area contributed by atoms with Crippen LogP contribution in [0.4, 0.5) is 14.9 Å². The second-order valence-electron chi connectivity index (χ2n) is 4.57. The third-order valence-electron chi connectivity index (χ3n) is 3.17. The Hall–Kier alpha value is -2.36. The largest absolute Gasteiger partial charge is 0.322 e. The number of nitrogens with zero attached hydrogens (tertiary/aromatic N) is 1. The molecule has 4 heteroatoms. The topological polar surface area (TPSA) is 32.3 Å². The monoisotopic (exact) mass is 256 g/mol. The average Bonchev–Trinajstić information content (AvgIpc) is 2.41. The number of nitrogens with one attached hydrogen (secondary N) is 1. The van der Waals surface area contributed by atoms with Crippen LogP contribution in [0.5, 0.6) is 0 Å². The number of hydrogen-bond donors (Lipinski definition) is 1. The number of fused-ring (bicyclic) bond motifs is 1. The van der Waals surface area contributed by atoms with Gasteiger partial charge in [-0.1, -0.05) is 30.3 Å². The summed E-state index contributed by atoms with van der Waals surface area (Å²) in [5.41, 5.74) is 2.55. The predicted molar refractivity (Wildman–Crippen MR) is 71.1 cm³/mol. The minimum absolute atomic E-state index is 0.150. The number of halogens is 1. The van der Waals surface area contributed by atoms with Gasteiger partial charge in [-0.2, -0.15) is 0 Å². The van der Waals surface area contributed by atoms with Crippen LogP contribution in [0.1, 0.15) is 11.1 Å². The first-order valence-corrected chi connectivity index (χ1v) is 6.10. The lowest BCUT2D eigenvalue weighted by molar-refractivity contribution is 0.204. The summed E-state index contributed by atoms with van der Waals surface area (Å²) in [7, 11) is 0. The van der Waals surface area contributed by atoms with Gasteiger partial charge in [-0.15, -0.1) is 0 Å². The minimum atomic E-state index is -0.283. The molecule has 0 fully saturated rings. The van der Waals surface area contributed by atoms with Crippen LogP contribution in [0.3, 0.4) is 0 Å². The molecule has 19 heavy (non-hydrogen) atoms. The summed E-state index contributed by atoms with van der Waals surface area (Å²) in [4.78, 5) is 13.6. The smallest absolute Gasteiger partial charge is 0.316 e. The SMILES string of the molecule is O=C1Nc2ccc(F)cc2CN1Cc1ccccc1. The molecule has 0 aliphatic carbocycles. The van der Waals surface area contributed by atoms with Crippen molar-refractivity contribution in [1.29, 1.82) is 0 Å². The quantitative estimate of drug-likeness (QED) is 0.877. The van der Waals surface area contributed by atoms with E-state index < -0.39 is 0 Å². The minimum Gasteiger partial charge on any atom is -0.316 e. The summed E-state index contributed by atoms with van der Waals surface area (Å²) in [6.45, 7) is 0.941. The molecule has 1 heterocycles. The molecule has 0 bridgehead atoms. The highest BCUT2D eigenvalue weighted by molar-refractivity contribution is 5.92. The van der Waals surface area contributed by atoms with Gasteiger partial charge in [-0.25, -0.2) is 9.18 Å². The standard InChI is InChI=1S/C15H13FN2O/c16-13-6-7-14-12(8-13)10-18(15(19)17-14)9-11-4-2-1-3-5-11/h1-8H,9-10H2,(H,17,19). The molecule has 0 spiro atoms. The second-order valence-corrected chi connectivity index (χ2v) is 4.57. The Labute approximate surface area is 110 Å². The molecule has 1 aliphatic rings. The van der Waals surface area contributed by atoms with E-state index in [9.17, 15) is 9.18 Å². The average molecular weight is 256 g/mol. The molecule has 3 rings (SSSR count). The van der Waals surface area contributed by atoms with E-state index in [1.807, 2.05) is 30.3 Å². The molecule has 1 N–H and O–H groups in total. The molecule has 2 amide bonds. The Kier molecular flexibility index (Phi) is 2.91. The van der Waals surface area contributed by atoms with E-state index in [0.717, 1.165) is 11.1 Å². The van der Waals surface area contributed by atoms with E-state index in [4.69, 9.17) is 0 Å². The Morgan fingerprint density at radius 2 is 1.95 bits per heavy atom. The van der Waals surface area contributed by atoms with E-state index in [1.54, 1.807) is 11.0 Å². The third kappa shape index (κ3) is 2.42. The molecule has 0 saturated heterocycles. The number of rotatable bonds is 2. The molecule has 0 saturated carbocycles. The fourth-order valence-electron chi connectivity index (χ4n) is 2.22. The molecule has 1 aliphatic heterocycles. The summed E-state index contributed by atoms with van der Waals surface area (Å²) in [5, 5.41) is 2.78. The van der Waals surface area contributed by atoms with Crippen LogP contribution in [0.25, 0.3) is 0 Å². The molecule has 0 atom stereocenters. The van der Waals surface area contributed by atoms with Crippen molar-refractivity contribution in [3.8, 4) is 0 Å². The van der Waals surface area contributed by atoms with Crippen molar-refractivity contribution >= 4 is 11.7 Å². The van der Waals surface area contributed by atoms with Crippen LogP contribution < -0.4 is 5.32 Å². The van der Waals surface area contributed by atoms with Crippen LogP contribution >= 0.6 is 0 Å².